The van der Waals surface area contributed by atoms with Crippen LogP contribution in [0.1, 0.15) is 25.0 Å². The number of benzene rings is 2. The van der Waals surface area contributed by atoms with E-state index in [4.69, 9.17) is 4.74 Å². The van der Waals surface area contributed by atoms with Crippen LogP contribution in [0, 0.1) is 0 Å². The number of hydrogen-bond acceptors (Lipinski definition) is 4. The van der Waals surface area contributed by atoms with E-state index in [1.54, 1.807) is 23.1 Å². The van der Waals surface area contributed by atoms with Crippen molar-refractivity contribution in [3.63, 3.8) is 0 Å². The fraction of sp³-hybridized carbons (Fsp3) is 0.318. The van der Waals surface area contributed by atoms with Crippen molar-refractivity contribution in [3.8, 4) is 5.88 Å². The first-order valence-electron chi connectivity index (χ1n) is 9.68. The first kappa shape index (κ1) is 20.3. The summed E-state index contributed by atoms with van der Waals surface area (Å²) in [5, 5.41) is 10.9. The Hall–Kier alpha value is -3.00. The molecule has 158 valence electrons. The summed E-state index contributed by atoms with van der Waals surface area (Å²) in [4.78, 5) is 8.74. The summed E-state index contributed by atoms with van der Waals surface area (Å²) in [5.41, 5.74) is 0.697. The van der Waals surface area contributed by atoms with Gasteiger partial charge in [-0.25, -0.2) is 0 Å². The summed E-state index contributed by atoms with van der Waals surface area (Å²) in [5.74, 6) is -0.0797. The average Bonchev–Trinajstić information content (AvgIpc) is 3.00. The molecule has 8 heteroatoms. The molecule has 2 unspecified atom stereocenters. The lowest BCUT2D eigenvalue weighted by Gasteiger charge is -2.38. The minimum absolute atomic E-state index is 0.0797. The Labute approximate surface area is 171 Å². The van der Waals surface area contributed by atoms with Gasteiger partial charge in [0, 0.05) is 35.9 Å². The zero-order chi connectivity index (χ0) is 21.5. The number of aromatic nitrogens is 1. The number of fused-ring (bicyclic) bond motifs is 1. The number of hydrogen-bond donors (Lipinski definition) is 2. The summed E-state index contributed by atoms with van der Waals surface area (Å²) in [6.45, 7) is 4.48. The second-order valence-corrected chi connectivity index (χ2v) is 7.55. The topological polar surface area (TPSA) is 60.8 Å². The first-order chi connectivity index (χ1) is 14.2. The molecule has 0 saturated carbocycles. The van der Waals surface area contributed by atoms with Crippen LogP contribution in [0.3, 0.4) is 0 Å². The number of morpholine rings is 1. The maximum atomic E-state index is 13.8. The summed E-state index contributed by atoms with van der Waals surface area (Å²) >= 11 is 0. The van der Waals surface area contributed by atoms with Crippen molar-refractivity contribution in [1.82, 2.24) is 4.98 Å². The molecule has 5 nitrogen and oxygen atoms in total. The zero-order valence-electron chi connectivity index (χ0n) is 16.6. The molecule has 1 saturated heterocycles. The predicted molar refractivity (Wildman–Crippen MR) is 111 cm³/mol. The van der Waals surface area contributed by atoms with E-state index in [1.165, 1.54) is 12.3 Å². The van der Waals surface area contributed by atoms with Crippen LogP contribution in [0.15, 0.2) is 47.5 Å². The highest BCUT2D eigenvalue weighted by atomic mass is 19.4. The molecule has 1 aromatic heterocycles. The predicted octanol–water partition coefficient (Wildman–Crippen LogP) is 5.26. The van der Waals surface area contributed by atoms with Gasteiger partial charge in [0.05, 0.1) is 29.0 Å². The van der Waals surface area contributed by atoms with E-state index in [2.05, 4.69) is 9.98 Å². The number of aliphatic imine (C=N–C) groups is 1. The number of anilines is 1. The number of ether oxygens (including phenoxy) is 1. The molecule has 1 aliphatic heterocycles. The summed E-state index contributed by atoms with van der Waals surface area (Å²) in [6, 6.07) is 11.3. The van der Waals surface area contributed by atoms with E-state index >= 15 is 0 Å². The van der Waals surface area contributed by atoms with E-state index in [0.717, 1.165) is 17.0 Å². The Morgan fingerprint density at radius 1 is 1.13 bits per heavy atom. The summed E-state index contributed by atoms with van der Waals surface area (Å²) in [7, 11) is 0. The highest BCUT2D eigenvalue weighted by Crippen LogP contribution is 2.40. The van der Waals surface area contributed by atoms with Crippen molar-refractivity contribution in [3.05, 3.63) is 53.6 Å². The first-order valence-corrected chi connectivity index (χ1v) is 9.68. The second-order valence-electron chi connectivity index (χ2n) is 7.55. The highest BCUT2D eigenvalue weighted by molar-refractivity contribution is 6.02. The van der Waals surface area contributed by atoms with E-state index < -0.39 is 11.7 Å². The molecule has 0 radical (unpaired) electrons. The lowest BCUT2D eigenvalue weighted by Crippen LogP contribution is -2.46. The van der Waals surface area contributed by atoms with Crippen molar-refractivity contribution >= 4 is 28.5 Å². The number of nitrogens with one attached hydrogen (secondary N) is 1. The number of aromatic hydroxyl groups is 1. The third-order valence-electron chi connectivity index (χ3n) is 5.11. The molecule has 1 fully saturated rings. The van der Waals surface area contributed by atoms with Crippen molar-refractivity contribution in [2.75, 3.05) is 18.0 Å². The van der Waals surface area contributed by atoms with Gasteiger partial charge in [-0.2, -0.15) is 13.2 Å². The van der Waals surface area contributed by atoms with Gasteiger partial charge in [-0.05, 0) is 38.1 Å². The van der Waals surface area contributed by atoms with Crippen LogP contribution in [0.2, 0.25) is 0 Å². The fourth-order valence-corrected chi connectivity index (χ4v) is 3.90. The third-order valence-corrected chi connectivity index (χ3v) is 5.11. The lowest BCUT2D eigenvalue weighted by molar-refractivity contribution is -0.137. The molecule has 4 rings (SSSR count). The Morgan fingerprint density at radius 3 is 2.53 bits per heavy atom. The molecule has 2 N–H and O–H groups in total. The summed E-state index contributed by atoms with van der Waals surface area (Å²) < 4.78 is 47.1. The molecular formula is C22H22F3N3O2. The van der Waals surface area contributed by atoms with Crippen molar-refractivity contribution in [2.45, 2.75) is 32.2 Å². The van der Waals surface area contributed by atoms with Gasteiger partial charge in [0.15, 0.2) is 5.88 Å². The monoisotopic (exact) mass is 417 g/mol. The molecule has 0 amide bonds. The van der Waals surface area contributed by atoms with Crippen molar-refractivity contribution < 1.29 is 23.0 Å². The molecule has 3 aromatic rings. The molecule has 30 heavy (non-hydrogen) atoms. The van der Waals surface area contributed by atoms with Gasteiger partial charge < -0.3 is 19.7 Å². The number of halogens is 3. The number of rotatable bonds is 3. The van der Waals surface area contributed by atoms with Crippen molar-refractivity contribution in [2.24, 2.45) is 4.99 Å². The molecule has 2 atom stereocenters. The van der Waals surface area contributed by atoms with Crippen LogP contribution in [0.5, 0.6) is 5.88 Å². The lowest BCUT2D eigenvalue weighted by atomic mass is 10.1. The molecule has 1 aliphatic rings. The number of aromatic amines is 1. The third kappa shape index (κ3) is 4.00. The largest absolute Gasteiger partial charge is 0.494 e. The molecule has 2 heterocycles. The quantitative estimate of drug-likeness (QED) is 0.572. The standard InChI is InChI=1S/C22H22F3N3O2/c1-13-11-28(12-14(2)30-13)20-8-7-15(9-18(20)22(23,24)25)26-10-17-16-5-3-4-6-19(16)27-21(17)29/h3-10,13-14,27,29H,11-12H2,1-2H3. The fourth-order valence-electron chi connectivity index (χ4n) is 3.90. The average molecular weight is 417 g/mol. The second kappa shape index (κ2) is 7.68. The minimum atomic E-state index is -4.52. The SMILES string of the molecule is CC1CN(c2ccc(N=Cc3c(O)[nH]c4ccccc34)cc2C(F)(F)F)CC(C)O1. The van der Waals surface area contributed by atoms with E-state index in [1.807, 2.05) is 26.0 Å². The number of alkyl halides is 3. The van der Waals surface area contributed by atoms with Crippen LogP contribution < -0.4 is 4.90 Å². The maximum absolute atomic E-state index is 13.8. The van der Waals surface area contributed by atoms with Crippen LogP contribution >= 0.6 is 0 Å². The van der Waals surface area contributed by atoms with Gasteiger partial charge in [0.2, 0.25) is 0 Å². The normalized spacial score (nSPS) is 20.4. The zero-order valence-corrected chi connectivity index (χ0v) is 16.6. The Kier molecular flexibility index (Phi) is 5.19. The smallest absolute Gasteiger partial charge is 0.418 e. The molecule has 0 spiro atoms. The van der Waals surface area contributed by atoms with Crippen LogP contribution in [-0.2, 0) is 10.9 Å². The van der Waals surface area contributed by atoms with Crippen molar-refractivity contribution in [1.29, 1.82) is 0 Å². The van der Waals surface area contributed by atoms with Gasteiger partial charge in [0.1, 0.15) is 0 Å². The van der Waals surface area contributed by atoms with Gasteiger partial charge in [-0.3, -0.25) is 4.99 Å². The van der Waals surface area contributed by atoms with Gasteiger partial charge >= 0.3 is 6.18 Å². The van der Waals surface area contributed by atoms with Crippen LogP contribution in [0.25, 0.3) is 10.9 Å². The number of nitrogens with zero attached hydrogens (tertiary/aromatic N) is 2. The van der Waals surface area contributed by atoms with Crippen LogP contribution in [-0.4, -0.2) is 41.6 Å². The van der Waals surface area contributed by atoms with Crippen LogP contribution in [0.4, 0.5) is 24.5 Å². The van der Waals surface area contributed by atoms with E-state index in [0.29, 0.717) is 18.7 Å². The van der Waals surface area contributed by atoms with Gasteiger partial charge in [-0.15, -0.1) is 0 Å². The summed E-state index contributed by atoms with van der Waals surface area (Å²) in [6.07, 6.45) is -3.45. The Balaban J connectivity index is 1.70. The van der Waals surface area contributed by atoms with Gasteiger partial charge in [-0.1, -0.05) is 18.2 Å². The maximum Gasteiger partial charge on any atom is 0.418 e. The number of para-hydroxylation sites is 1. The Morgan fingerprint density at radius 2 is 1.83 bits per heavy atom. The molecule has 0 bridgehead atoms. The molecular weight excluding hydrogens is 395 g/mol. The number of H-pyrrole nitrogens is 1. The van der Waals surface area contributed by atoms with Gasteiger partial charge in [0.25, 0.3) is 0 Å². The Bertz CT molecular complexity index is 1080. The molecule has 0 aliphatic carbocycles. The van der Waals surface area contributed by atoms with E-state index in [9.17, 15) is 18.3 Å². The molecule has 2 aromatic carbocycles. The minimum Gasteiger partial charge on any atom is -0.494 e. The van der Waals surface area contributed by atoms with E-state index in [-0.39, 0.29) is 29.5 Å². The highest BCUT2D eigenvalue weighted by Gasteiger charge is 2.36.